The summed E-state index contributed by atoms with van der Waals surface area (Å²) >= 11 is 5.47. The van der Waals surface area contributed by atoms with Crippen LogP contribution in [0.5, 0.6) is 0 Å². The molecule has 4 heteroatoms. The predicted octanol–water partition coefficient (Wildman–Crippen LogP) is 1.21. The number of nitrogens with one attached hydrogen (secondary N) is 1. The van der Waals surface area contributed by atoms with E-state index >= 15 is 0 Å². The number of amides is 1. The average molecular weight is 219 g/mol. The van der Waals surface area contributed by atoms with Gasteiger partial charge in [-0.05, 0) is 26.9 Å². The van der Waals surface area contributed by atoms with Crippen LogP contribution in [-0.2, 0) is 4.79 Å². The lowest BCUT2D eigenvalue weighted by molar-refractivity contribution is -0.120. The Hall–Kier alpha value is -0.280. The van der Waals surface area contributed by atoms with E-state index in [9.17, 15) is 4.79 Å². The first-order valence-corrected chi connectivity index (χ1v) is 5.70. The largest absolute Gasteiger partial charge is 0.351 e. The van der Waals surface area contributed by atoms with Crippen molar-refractivity contribution in [2.24, 2.45) is 0 Å². The number of hydrogen-bond donors (Lipinski definition) is 1. The van der Waals surface area contributed by atoms with Crippen LogP contribution in [0.2, 0.25) is 0 Å². The Bertz CT molecular complexity index is 197. The zero-order valence-electron chi connectivity index (χ0n) is 8.92. The van der Waals surface area contributed by atoms with Crippen LogP contribution in [0.4, 0.5) is 0 Å². The molecule has 0 aromatic rings. The summed E-state index contributed by atoms with van der Waals surface area (Å²) in [7, 11) is 4.13. The van der Waals surface area contributed by atoms with Crippen molar-refractivity contribution in [3.63, 3.8) is 0 Å². The second-order valence-corrected chi connectivity index (χ2v) is 4.39. The van der Waals surface area contributed by atoms with Crippen LogP contribution >= 0.6 is 11.6 Å². The minimum atomic E-state index is -0.0505. The third kappa shape index (κ3) is 3.14. The van der Waals surface area contributed by atoms with Gasteiger partial charge in [-0.3, -0.25) is 4.79 Å². The fourth-order valence-electron chi connectivity index (χ4n) is 2.14. The monoisotopic (exact) mass is 218 g/mol. The molecule has 1 fully saturated rings. The minimum Gasteiger partial charge on any atom is -0.351 e. The van der Waals surface area contributed by atoms with E-state index in [2.05, 4.69) is 24.3 Å². The summed E-state index contributed by atoms with van der Waals surface area (Å²) in [4.78, 5) is 13.4. The zero-order valence-corrected chi connectivity index (χ0v) is 9.68. The van der Waals surface area contributed by atoms with E-state index in [1.54, 1.807) is 0 Å². The van der Waals surface area contributed by atoms with E-state index in [-0.39, 0.29) is 17.8 Å². The quantitative estimate of drug-likeness (QED) is 0.723. The Labute approximate surface area is 90.8 Å². The molecule has 1 aliphatic rings. The van der Waals surface area contributed by atoms with Crippen LogP contribution in [0.1, 0.15) is 25.7 Å². The van der Waals surface area contributed by atoms with Crippen molar-refractivity contribution in [3.05, 3.63) is 0 Å². The maximum absolute atomic E-state index is 11.2. The number of carbonyl (C=O) groups is 1. The van der Waals surface area contributed by atoms with Crippen molar-refractivity contribution < 1.29 is 4.79 Å². The average Bonchev–Trinajstić information content (AvgIpc) is 2.18. The second kappa shape index (κ2) is 5.56. The van der Waals surface area contributed by atoms with E-state index in [4.69, 9.17) is 11.6 Å². The summed E-state index contributed by atoms with van der Waals surface area (Å²) in [5.74, 6) is 0.0156. The molecule has 0 spiro atoms. The zero-order chi connectivity index (χ0) is 10.6. The van der Waals surface area contributed by atoms with Gasteiger partial charge in [-0.2, -0.15) is 0 Å². The fraction of sp³-hybridized carbons (Fsp3) is 0.900. The molecule has 2 atom stereocenters. The number of likely N-dealkylation sites (N-methyl/N-ethyl adjacent to an activating group) is 1. The van der Waals surface area contributed by atoms with E-state index in [0.29, 0.717) is 6.04 Å². The molecule has 3 nitrogen and oxygen atoms in total. The van der Waals surface area contributed by atoms with Gasteiger partial charge in [-0.25, -0.2) is 0 Å². The number of alkyl halides is 1. The van der Waals surface area contributed by atoms with Crippen LogP contribution in [0, 0.1) is 0 Å². The molecule has 1 amide bonds. The lowest BCUT2D eigenvalue weighted by Gasteiger charge is -2.36. The Kier molecular flexibility index (Phi) is 4.69. The molecule has 0 aromatic carbocycles. The molecule has 1 N–H and O–H groups in total. The number of nitrogens with zero attached hydrogens (tertiary/aromatic N) is 1. The van der Waals surface area contributed by atoms with Gasteiger partial charge in [0.2, 0.25) is 5.91 Å². The molecular weight excluding hydrogens is 200 g/mol. The van der Waals surface area contributed by atoms with Gasteiger partial charge in [0.05, 0.1) is 0 Å². The van der Waals surface area contributed by atoms with Crippen LogP contribution in [0.15, 0.2) is 0 Å². The lowest BCUT2D eigenvalue weighted by atomic mass is 9.89. The number of rotatable bonds is 3. The van der Waals surface area contributed by atoms with E-state index in [0.717, 1.165) is 6.42 Å². The van der Waals surface area contributed by atoms with Crippen LogP contribution in [-0.4, -0.2) is 42.9 Å². The molecule has 0 aliphatic heterocycles. The summed E-state index contributed by atoms with van der Waals surface area (Å²) in [6, 6.07) is 0.751. The second-order valence-electron chi connectivity index (χ2n) is 4.12. The van der Waals surface area contributed by atoms with Gasteiger partial charge >= 0.3 is 0 Å². The summed E-state index contributed by atoms with van der Waals surface area (Å²) in [6.45, 7) is 0. The summed E-state index contributed by atoms with van der Waals surface area (Å²) in [5.41, 5.74) is 0. The molecule has 0 bridgehead atoms. The van der Waals surface area contributed by atoms with Crippen molar-refractivity contribution in [1.29, 1.82) is 0 Å². The van der Waals surface area contributed by atoms with Crippen molar-refractivity contribution in [1.82, 2.24) is 10.2 Å². The normalized spacial score (nSPS) is 27.7. The van der Waals surface area contributed by atoms with E-state index in [1.165, 1.54) is 19.3 Å². The third-order valence-electron chi connectivity index (χ3n) is 2.86. The van der Waals surface area contributed by atoms with Gasteiger partial charge < -0.3 is 10.2 Å². The first kappa shape index (κ1) is 11.8. The summed E-state index contributed by atoms with van der Waals surface area (Å²) < 4.78 is 0. The van der Waals surface area contributed by atoms with Crippen molar-refractivity contribution in [3.8, 4) is 0 Å². The van der Waals surface area contributed by atoms with Crippen LogP contribution in [0.25, 0.3) is 0 Å². The van der Waals surface area contributed by atoms with E-state index < -0.39 is 0 Å². The molecule has 14 heavy (non-hydrogen) atoms. The minimum absolute atomic E-state index is 0.0505. The van der Waals surface area contributed by atoms with Crippen molar-refractivity contribution >= 4 is 17.5 Å². The molecule has 0 unspecified atom stereocenters. The SMILES string of the molecule is CN(C)[C@H]1CCCC[C@@H]1NC(=O)CCl. The lowest BCUT2D eigenvalue weighted by Crippen LogP contribution is -2.51. The van der Waals surface area contributed by atoms with Gasteiger partial charge in [0.25, 0.3) is 0 Å². The van der Waals surface area contributed by atoms with Gasteiger partial charge in [-0.15, -0.1) is 11.6 Å². The molecular formula is C10H19ClN2O. The number of carbonyl (C=O) groups excluding carboxylic acids is 1. The predicted molar refractivity (Wildman–Crippen MR) is 58.6 cm³/mol. The molecule has 1 rings (SSSR count). The molecule has 0 radical (unpaired) electrons. The van der Waals surface area contributed by atoms with Crippen LogP contribution < -0.4 is 5.32 Å². The number of hydrogen-bond acceptors (Lipinski definition) is 2. The highest BCUT2D eigenvalue weighted by Crippen LogP contribution is 2.21. The first-order valence-electron chi connectivity index (χ1n) is 5.17. The van der Waals surface area contributed by atoms with E-state index in [1.807, 2.05) is 0 Å². The standard InChI is InChI=1S/C10H19ClN2O/c1-13(2)9-6-4-3-5-8(9)12-10(14)7-11/h8-9H,3-7H2,1-2H3,(H,12,14)/t8-,9-/m0/s1. The third-order valence-corrected chi connectivity index (χ3v) is 3.10. The molecule has 1 saturated carbocycles. The maximum atomic E-state index is 11.2. The van der Waals surface area contributed by atoms with Crippen molar-refractivity contribution in [2.75, 3.05) is 20.0 Å². The van der Waals surface area contributed by atoms with Gasteiger partial charge in [0, 0.05) is 12.1 Å². The van der Waals surface area contributed by atoms with Crippen LogP contribution in [0.3, 0.4) is 0 Å². The first-order chi connectivity index (χ1) is 6.65. The molecule has 82 valence electrons. The smallest absolute Gasteiger partial charge is 0.235 e. The number of halogens is 1. The van der Waals surface area contributed by atoms with Gasteiger partial charge in [0.1, 0.15) is 5.88 Å². The Morgan fingerprint density at radius 2 is 2.07 bits per heavy atom. The van der Waals surface area contributed by atoms with Gasteiger partial charge in [0.15, 0.2) is 0 Å². The Morgan fingerprint density at radius 3 is 2.64 bits per heavy atom. The fourth-order valence-corrected chi connectivity index (χ4v) is 2.22. The molecule has 0 heterocycles. The highest BCUT2D eigenvalue weighted by Gasteiger charge is 2.27. The molecule has 0 saturated heterocycles. The Balaban J connectivity index is 2.49. The Morgan fingerprint density at radius 1 is 1.43 bits per heavy atom. The topological polar surface area (TPSA) is 32.3 Å². The highest BCUT2D eigenvalue weighted by molar-refractivity contribution is 6.27. The van der Waals surface area contributed by atoms with Crippen molar-refractivity contribution in [2.45, 2.75) is 37.8 Å². The maximum Gasteiger partial charge on any atom is 0.235 e. The summed E-state index contributed by atoms with van der Waals surface area (Å²) in [5, 5.41) is 2.99. The molecule has 1 aliphatic carbocycles. The highest BCUT2D eigenvalue weighted by atomic mass is 35.5. The van der Waals surface area contributed by atoms with Gasteiger partial charge in [-0.1, -0.05) is 12.8 Å². The molecule has 0 aromatic heterocycles. The summed E-state index contributed by atoms with van der Waals surface area (Å²) in [6.07, 6.45) is 4.71.